The summed E-state index contributed by atoms with van der Waals surface area (Å²) in [6.07, 6.45) is 1.58. The molecule has 7 heteroatoms. The molecular weight excluding hydrogens is 398 g/mol. The molecule has 0 saturated carbocycles. The summed E-state index contributed by atoms with van der Waals surface area (Å²) < 4.78 is 6.50. The predicted octanol–water partition coefficient (Wildman–Crippen LogP) is 4.49. The van der Waals surface area contributed by atoms with E-state index in [2.05, 4.69) is 10.3 Å². The first-order chi connectivity index (χ1) is 14.5. The highest BCUT2D eigenvalue weighted by Gasteiger charge is 2.29. The summed E-state index contributed by atoms with van der Waals surface area (Å²) in [5, 5.41) is 3.52. The molecule has 6 nitrogen and oxygen atoms in total. The number of fused-ring (bicyclic) bond motifs is 1. The van der Waals surface area contributed by atoms with E-state index in [0.29, 0.717) is 30.4 Å². The quantitative estimate of drug-likeness (QED) is 0.656. The van der Waals surface area contributed by atoms with Crippen molar-refractivity contribution in [1.29, 1.82) is 0 Å². The number of carbonyl (C=O) groups is 2. The molecule has 1 fully saturated rings. The third kappa shape index (κ3) is 4.46. The Bertz CT molecular complexity index is 1060. The first kappa shape index (κ1) is 20.3. The number of benzene rings is 2. The van der Waals surface area contributed by atoms with Crippen LogP contribution in [0.3, 0.4) is 0 Å². The van der Waals surface area contributed by atoms with Crippen LogP contribution in [-0.4, -0.2) is 41.4 Å². The number of rotatable bonds is 5. The minimum absolute atomic E-state index is 0.0176. The van der Waals surface area contributed by atoms with Gasteiger partial charge in [-0.1, -0.05) is 29.0 Å². The molecule has 2 heterocycles. The van der Waals surface area contributed by atoms with E-state index in [-0.39, 0.29) is 17.7 Å². The average molecular weight is 424 g/mol. The molecule has 2 aromatic carbocycles. The number of likely N-dealkylation sites (tertiary alicyclic amines) is 1. The fourth-order valence-electron chi connectivity index (χ4n) is 3.68. The number of thiazole rings is 1. The van der Waals surface area contributed by atoms with Gasteiger partial charge in [0.05, 0.1) is 22.7 Å². The minimum atomic E-state index is -0.237. The Kier molecular flexibility index (Phi) is 5.99. The number of aromatic nitrogens is 1. The van der Waals surface area contributed by atoms with Crippen LogP contribution in [0.2, 0.25) is 0 Å². The second-order valence-corrected chi connectivity index (χ2v) is 8.56. The van der Waals surface area contributed by atoms with Crippen LogP contribution >= 0.6 is 11.3 Å². The Morgan fingerprint density at radius 3 is 2.80 bits per heavy atom. The molecule has 1 aromatic heterocycles. The van der Waals surface area contributed by atoms with Crippen LogP contribution in [0.25, 0.3) is 10.2 Å². The van der Waals surface area contributed by atoms with E-state index in [1.807, 2.05) is 56.3 Å². The zero-order valence-corrected chi connectivity index (χ0v) is 18.0. The lowest BCUT2D eigenvalue weighted by Crippen LogP contribution is -2.43. The van der Waals surface area contributed by atoms with Gasteiger partial charge in [0.2, 0.25) is 5.91 Å². The third-order valence-corrected chi connectivity index (χ3v) is 6.21. The van der Waals surface area contributed by atoms with E-state index in [4.69, 9.17) is 4.74 Å². The van der Waals surface area contributed by atoms with E-state index in [1.165, 1.54) is 11.3 Å². The lowest BCUT2D eigenvalue weighted by Gasteiger charge is -2.32. The monoisotopic (exact) mass is 423 g/mol. The van der Waals surface area contributed by atoms with E-state index in [9.17, 15) is 9.59 Å². The maximum Gasteiger partial charge on any atom is 0.253 e. The molecule has 0 spiro atoms. The van der Waals surface area contributed by atoms with Crippen molar-refractivity contribution < 1.29 is 14.3 Å². The summed E-state index contributed by atoms with van der Waals surface area (Å²) >= 11 is 1.43. The molecule has 3 aromatic rings. The van der Waals surface area contributed by atoms with Crippen molar-refractivity contribution >= 4 is 38.5 Å². The normalized spacial score (nSPS) is 16.5. The summed E-state index contributed by atoms with van der Waals surface area (Å²) in [5.41, 5.74) is 2.61. The van der Waals surface area contributed by atoms with E-state index >= 15 is 0 Å². The van der Waals surface area contributed by atoms with Crippen molar-refractivity contribution in [2.24, 2.45) is 5.92 Å². The summed E-state index contributed by atoms with van der Waals surface area (Å²) in [7, 11) is 0. The Balaban J connectivity index is 1.42. The maximum atomic E-state index is 12.9. The van der Waals surface area contributed by atoms with Crippen LogP contribution < -0.4 is 10.1 Å². The van der Waals surface area contributed by atoms with Crippen LogP contribution in [-0.2, 0) is 4.79 Å². The van der Waals surface area contributed by atoms with E-state index in [1.54, 1.807) is 4.90 Å². The van der Waals surface area contributed by atoms with Gasteiger partial charge in [0, 0.05) is 18.7 Å². The highest BCUT2D eigenvalue weighted by Crippen LogP contribution is 2.30. The Hall–Kier alpha value is -2.93. The first-order valence-corrected chi connectivity index (χ1v) is 11.1. The molecule has 1 aliphatic heterocycles. The van der Waals surface area contributed by atoms with Crippen LogP contribution in [0, 0.1) is 12.8 Å². The molecule has 2 amide bonds. The van der Waals surface area contributed by atoms with Crippen molar-refractivity contribution in [3.8, 4) is 5.75 Å². The van der Waals surface area contributed by atoms with Gasteiger partial charge in [-0.3, -0.25) is 9.59 Å². The van der Waals surface area contributed by atoms with Gasteiger partial charge in [-0.05, 0) is 57.0 Å². The zero-order chi connectivity index (χ0) is 21.1. The van der Waals surface area contributed by atoms with Gasteiger partial charge in [-0.15, -0.1) is 0 Å². The number of piperidine rings is 1. The maximum absolute atomic E-state index is 12.9. The smallest absolute Gasteiger partial charge is 0.253 e. The summed E-state index contributed by atoms with van der Waals surface area (Å²) in [6.45, 7) is 5.65. The minimum Gasteiger partial charge on any atom is -0.494 e. The topological polar surface area (TPSA) is 71.5 Å². The number of hydrogen-bond acceptors (Lipinski definition) is 5. The van der Waals surface area contributed by atoms with Crippen molar-refractivity contribution in [2.75, 3.05) is 25.0 Å². The molecule has 1 saturated heterocycles. The van der Waals surface area contributed by atoms with Crippen LogP contribution in [0.15, 0.2) is 42.5 Å². The van der Waals surface area contributed by atoms with Crippen molar-refractivity contribution in [3.63, 3.8) is 0 Å². The number of nitrogens with one attached hydrogen (secondary N) is 1. The van der Waals surface area contributed by atoms with Gasteiger partial charge in [0.25, 0.3) is 5.91 Å². The largest absolute Gasteiger partial charge is 0.494 e. The summed E-state index contributed by atoms with van der Waals surface area (Å²) in [5.74, 6) is 0.458. The van der Waals surface area contributed by atoms with Gasteiger partial charge in [0.1, 0.15) is 5.75 Å². The van der Waals surface area contributed by atoms with E-state index < -0.39 is 0 Å². The average Bonchev–Trinajstić information content (AvgIpc) is 3.15. The molecule has 156 valence electrons. The Morgan fingerprint density at radius 2 is 2.03 bits per heavy atom. The number of ether oxygens (including phenoxy) is 1. The molecule has 0 aliphatic carbocycles. The summed E-state index contributed by atoms with van der Waals surface area (Å²) in [4.78, 5) is 32.0. The number of nitrogens with zero attached hydrogens (tertiary/aromatic N) is 2. The number of hydrogen-bond donors (Lipinski definition) is 1. The second kappa shape index (κ2) is 8.83. The SMILES string of the molecule is CCOc1ccc2nc(NC(=O)C3CCCN(C(=O)c4ccc(C)cc4)C3)sc2c1. The predicted molar refractivity (Wildman–Crippen MR) is 119 cm³/mol. The molecule has 0 radical (unpaired) electrons. The highest BCUT2D eigenvalue weighted by atomic mass is 32.1. The molecule has 1 N–H and O–H groups in total. The van der Waals surface area contributed by atoms with Gasteiger partial charge >= 0.3 is 0 Å². The Morgan fingerprint density at radius 1 is 1.23 bits per heavy atom. The molecule has 30 heavy (non-hydrogen) atoms. The second-order valence-electron chi connectivity index (χ2n) is 7.53. The van der Waals surface area contributed by atoms with Crippen LogP contribution in [0.1, 0.15) is 35.7 Å². The molecule has 1 atom stereocenters. The van der Waals surface area contributed by atoms with Crippen molar-refractivity contribution in [1.82, 2.24) is 9.88 Å². The number of amides is 2. The molecule has 1 unspecified atom stereocenters. The molecule has 1 aliphatic rings. The van der Waals surface area contributed by atoms with Crippen molar-refractivity contribution in [2.45, 2.75) is 26.7 Å². The van der Waals surface area contributed by atoms with E-state index in [0.717, 1.165) is 34.4 Å². The highest BCUT2D eigenvalue weighted by molar-refractivity contribution is 7.22. The third-order valence-electron chi connectivity index (χ3n) is 5.28. The fourth-order valence-corrected chi connectivity index (χ4v) is 4.57. The number of anilines is 1. The zero-order valence-electron chi connectivity index (χ0n) is 17.2. The van der Waals surface area contributed by atoms with Gasteiger partial charge in [-0.2, -0.15) is 0 Å². The van der Waals surface area contributed by atoms with Crippen molar-refractivity contribution in [3.05, 3.63) is 53.6 Å². The van der Waals surface area contributed by atoms with Crippen LogP contribution in [0.4, 0.5) is 5.13 Å². The first-order valence-electron chi connectivity index (χ1n) is 10.2. The lowest BCUT2D eigenvalue weighted by molar-refractivity contribution is -0.121. The number of carbonyl (C=O) groups excluding carboxylic acids is 2. The molecule has 4 rings (SSSR count). The molecule has 0 bridgehead atoms. The van der Waals surface area contributed by atoms with Gasteiger partial charge in [-0.25, -0.2) is 4.98 Å². The van der Waals surface area contributed by atoms with Gasteiger partial charge < -0.3 is 15.0 Å². The fraction of sp³-hybridized carbons (Fsp3) is 0.348. The summed E-state index contributed by atoms with van der Waals surface area (Å²) in [6, 6.07) is 13.3. The van der Waals surface area contributed by atoms with Crippen LogP contribution in [0.5, 0.6) is 5.75 Å². The van der Waals surface area contributed by atoms with Gasteiger partial charge in [0.15, 0.2) is 5.13 Å². The standard InChI is InChI=1S/C23H25N3O3S/c1-3-29-18-10-11-19-20(13-18)30-23(24-19)25-21(27)17-5-4-12-26(14-17)22(28)16-8-6-15(2)7-9-16/h6-11,13,17H,3-5,12,14H2,1-2H3,(H,24,25,27). The number of aryl methyl sites for hydroxylation is 1. The molecular formula is C23H25N3O3S. The Labute approximate surface area is 179 Å². The lowest BCUT2D eigenvalue weighted by atomic mass is 9.96.